The van der Waals surface area contributed by atoms with Crippen LogP contribution in [0.1, 0.15) is 0 Å². The van der Waals surface area contributed by atoms with Crippen LogP contribution in [-0.4, -0.2) is 11.1 Å². The maximum absolute atomic E-state index is 10.9. The molecular weight excluding hydrogens is 280 g/mol. The van der Waals surface area contributed by atoms with Crippen LogP contribution in [0.4, 0.5) is 5.69 Å². The molecule has 0 fully saturated rings. The van der Waals surface area contributed by atoms with E-state index in [1.807, 2.05) is 29.7 Å². The number of aliphatic carboxylic acids is 1. The van der Waals surface area contributed by atoms with E-state index in [9.17, 15) is 4.79 Å². The van der Waals surface area contributed by atoms with E-state index in [-0.39, 0.29) is 11.5 Å². The highest BCUT2D eigenvalue weighted by Crippen LogP contribution is 2.23. The molecule has 0 radical (unpaired) electrons. The Balaban J connectivity index is 2.35. The zero-order valence-electron chi connectivity index (χ0n) is 10.4. The minimum Gasteiger partial charge on any atom is -0.476 e. The van der Waals surface area contributed by atoms with E-state index < -0.39 is 5.97 Å². The maximum atomic E-state index is 10.9. The molecule has 0 aliphatic heterocycles. The number of hydrazine groups is 1. The molecule has 2 aromatic rings. The summed E-state index contributed by atoms with van der Waals surface area (Å²) in [5.74, 6) is 3.79. The molecule has 0 saturated carbocycles. The van der Waals surface area contributed by atoms with Crippen LogP contribution >= 0.6 is 11.6 Å². The van der Waals surface area contributed by atoms with Gasteiger partial charge in [-0.3, -0.25) is 5.84 Å². The Morgan fingerprint density at radius 1 is 1.15 bits per heavy atom. The molecule has 0 amide bonds. The standard InChI is InChI=1S/C13H13ClN4O2/c14-9-3-1-8-6-10(4-2-7(8)5-9)17-12(15)11(18-16)13(19)20/h1-6,17-18H,15-16H2,(H,19,20)/b12-11+. The molecule has 0 unspecified atom stereocenters. The van der Waals surface area contributed by atoms with Crippen molar-refractivity contribution in [2.24, 2.45) is 11.6 Å². The zero-order chi connectivity index (χ0) is 14.7. The summed E-state index contributed by atoms with van der Waals surface area (Å²) in [6.07, 6.45) is 0. The van der Waals surface area contributed by atoms with Crippen LogP contribution in [0.3, 0.4) is 0 Å². The minimum absolute atomic E-state index is 0.0756. The summed E-state index contributed by atoms with van der Waals surface area (Å²) in [6.45, 7) is 0. The Hall–Kier alpha value is -2.44. The molecule has 2 aromatic carbocycles. The summed E-state index contributed by atoms with van der Waals surface area (Å²) in [5, 5.41) is 14.2. The second kappa shape index (κ2) is 5.68. The number of benzene rings is 2. The lowest BCUT2D eigenvalue weighted by molar-refractivity contribution is -0.133. The highest BCUT2D eigenvalue weighted by atomic mass is 35.5. The number of carboxylic acids is 1. The Bertz CT molecular complexity index is 700. The average molecular weight is 293 g/mol. The third kappa shape index (κ3) is 2.93. The molecule has 0 spiro atoms. The molecule has 2 rings (SSSR count). The fourth-order valence-corrected chi connectivity index (χ4v) is 1.95. The van der Waals surface area contributed by atoms with Crippen molar-refractivity contribution in [1.82, 2.24) is 5.43 Å². The molecule has 0 atom stereocenters. The van der Waals surface area contributed by atoms with Gasteiger partial charge in [0.25, 0.3) is 0 Å². The molecular formula is C13H13ClN4O2. The molecule has 0 aliphatic carbocycles. The van der Waals surface area contributed by atoms with Crippen molar-refractivity contribution < 1.29 is 9.90 Å². The van der Waals surface area contributed by atoms with Gasteiger partial charge in [0.05, 0.1) is 0 Å². The summed E-state index contributed by atoms with van der Waals surface area (Å²) < 4.78 is 0. The highest BCUT2D eigenvalue weighted by molar-refractivity contribution is 6.31. The number of nitrogens with two attached hydrogens (primary N) is 2. The number of halogens is 1. The van der Waals surface area contributed by atoms with E-state index in [1.165, 1.54) is 0 Å². The van der Waals surface area contributed by atoms with Crippen LogP contribution in [0.15, 0.2) is 47.9 Å². The number of carboxylic acid groups (broad SMARTS) is 1. The Labute approximate surface area is 120 Å². The number of rotatable bonds is 4. The average Bonchev–Trinajstić information content (AvgIpc) is 2.39. The first-order chi connectivity index (χ1) is 9.51. The minimum atomic E-state index is -1.25. The van der Waals surface area contributed by atoms with E-state index in [0.29, 0.717) is 10.7 Å². The molecule has 6 nitrogen and oxygen atoms in total. The fourth-order valence-electron chi connectivity index (χ4n) is 1.77. The van der Waals surface area contributed by atoms with Gasteiger partial charge in [-0.05, 0) is 35.0 Å². The van der Waals surface area contributed by atoms with Crippen molar-refractivity contribution in [3.8, 4) is 0 Å². The van der Waals surface area contributed by atoms with E-state index in [1.54, 1.807) is 12.1 Å². The summed E-state index contributed by atoms with van der Waals surface area (Å²) in [4.78, 5) is 10.9. The second-order valence-electron chi connectivity index (χ2n) is 4.07. The first-order valence-corrected chi connectivity index (χ1v) is 6.05. The number of nitrogens with one attached hydrogen (secondary N) is 2. The van der Waals surface area contributed by atoms with E-state index >= 15 is 0 Å². The van der Waals surface area contributed by atoms with Gasteiger partial charge in [-0.2, -0.15) is 0 Å². The van der Waals surface area contributed by atoms with E-state index in [4.69, 9.17) is 28.3 Å². The molecule has 0 heterocycles. The lowest BCUT2D eigenvalue weighted by atomic mass is 10.1. The number of hydrogen-bond acceptors (Lipinski definition) is 5. The predicted octanol–water partition coefficient (Wildman–Crippen LogP) is 1.58. The van der Waals surface area contributed by atoms with Gasteiger partial charge in [0.1, 0.15) is 5.82 Å². The van der Waals surface area contributed by atoms with Gasteiger partial charge in [0, 0.05) is 10.7 Å². The van der Waals surface area contributed by atoms with Crippen molar-refractivity contribution in [1.29, 1.82) is 0 Å². The van der Waals surface area contributed by atoms with E-state index in [0.717, 1.165) is 10.8 Å². The zero-order valence-corrected chi connectivity index (χ0v) is 11.1. The van der Waals surface area contributed by atoms with Crippen LogP contribution in [0, 0.1) is 0 Å². The number of hydrogen-bond donors (Lipinski definition) is 5. The predicted molar refractivity (Wildman–Crippen MR) is 78.8 cm³/mol. The highest BCUT2D eigenvalue weighted by Gasteiger charge is 2.11. The van der Waals surface area contributed by atoms with E-state index in [2.05, 4.69) is 5.32 Å². The molecule has 0 aliphatic rings. The fraction of sp³-hybridized carbons (Fsp3) is 0. The lowest BCUT2D eigenvalue weighted by Gasteiger charge is -2.11. The molecule has 20 heavy (non-hydrogen) atoms. The van der Waals surface area contributed by atoms with Gasteiger partial charge in [-0.1, -0.05) is 23.7 Å². The topological polar surface area (TPSA) is 113 Å². The van der Waals surface area contributed by atoms with Crippen molar-refractivity contribution in [3.63, 3.8) is 0 Å². The summed E-state index contributed by atoms with van der Waals surface area (Å²) in [5.41, 5.74) is 8.04. The van der Waals surface area contributed by atoms with Gasteiger partial charge >= 0.3 is 5.97 Å². The molecule has 104 valence electrons. The quantitative estimate of drug-likeness (QED) is 0.332. The smallest absolute Gasteiger partial charge is 0.357 e. The van der Waals surface area contributed by atoms with Gasteiger partial charge in [0.2, 0.25) is 0 Å². The van der Waals surface area contributed by atoms with Crippen LogP contribution in [0.2, 0.25) is 5.02 Å². The molecule has 0 aromatic heterocycles. The monoisotopic (exact) mass is 292 g/mol. The normalized spacial score (nSPS) is 11.9. The summed E-state index contributed by atoms with van der Waals surface area (Å²) in [7, 11) is 0. The lowest BCUT2D eigenvalue weighted by Crippen LogP contribution is -2.32. The Morgan fingerprint density at radius 2 is 1.80 bits per heavy atom. The second-order valence-corrected chi connectivity index (χ2v) is 4.51. The first kappa shape index (κ1) is 14.0. The van der Waals surface area contributed by atoms with Gasteiger partial charge in [-0.25, -0.2) is 4.79 Å². The summed E-state index contributed by atoms with van der Waals surface area (Å²) in [6, 6.07) is 10.9. The molecule has 0 saturated heterocycles. The largest absolute Gasteiger partial charge is 0.476 e. The SMILES string of the molecule is NN/C(C(=O)O)=C(\N)Nc1ccc2cc(Cl)ccc2c1. The maximum Gasteiger partial charge on any atom is 0.357 e. The van der Waals surface area contributed by atoms with Crippen molar-refractivity contribution >= 4 is 34.0 Å². The number of fused-ring (bicyclic) bond motifs is 1. The van der Waals surface area contributed by atoms with Gasteiger partial charge in [0.15, 0.2) is 5.70 Å². The van der Waals surface area contributed by atoms with Crippen LogP contribution in [0.25, 0.3) is 10.8 Å². The van der Waals surface area contributed by atoms with Gasteiger partial charge in [-0.15, -0.1) is 0 Å². The molecule has 7 heteroatoms. The third-order valence-corrected chi connectivity index (χ3v) is 2.94. The van der Waals surface area contributed by atoms with Crippen LogP contribution in [0.5, 0.6) is 0 Å². The molecule has 7 N–H and O–H groups in total. The Morgan fingerprint density at radius 3 is 2.45 bits per heavy atom. The third-order valence-electron chi connectivity index (χ3n) is 2.71. The van der Waals surface area contributed by atoms with Gasteiger partial charge < -0.3 is 21.6 Å². The van der Waals surface area contributed by atoms with Crippen molar-refractivity contribution in [2.75, 3.05) is 5.32 Å². The van der Waals surface area contributed by atoms with Crippen molar-refractivity contribution in [2.45, 2.75) is 0 Å². The Kier molecular flexibility index (Phi) is 3.97. The summed E-state index contributed by atoms with van der Waals surface area (Å²) >= 11 is 5.91. The first-order valence-electron chi connectivity index (χ1n) is 5.67. The number of carbonyl (C=O) groups is 1. The van der Waals surface area contributed by atoms with Crippen molar-refractivity contribution in [3.05, 3.63) is 52.9 Å². The van der Waals surface area contributed by atoms with Crippen LogP contribution in [-0.2, 0) is 4.79 Å². The molecule has 0 bridgehead atoms. The number of anilines is 1. The van der Waals surface area contributed by atoms with Crippen LogP contribution < -0.4 is 22.3 Å².